The standard InChI is InChI=1S/C8H8BrFO4S/c1-13-6-3-5(9)8(15(10,11)12)4-7(6)14-2/h3-4H,1-2H3. The zero-order chi connectivity index (χ0) is 11.6. The van der Waals surface area contributed by atoms with Gasteiger partial charge in [-0.15, -0.1) is 3.89 Å². The Morgan fingerprint density at radius 3 is 2.07 bits per heavy atom. The van der Waals surface area contributed by atoms with E-state index < -0.39 is 15.1 Å². The summed E-state index contributed by atoms with van der Waals surface area (Å²) in [4.78, 5) is -0.486. The minimum atomic E-state index is -4.77. The Hall–Kier alpha value is -0.820. The number of methoxy groups -OCH3 is 2. The molecule has 0 N–H and O–H groups in total. The second-order valence-corrected chi connectivity index (χ2v) is 4.75. The second-order valence-electron chi connectivity index (χ2n) is 2.58. The highest BCUT2D eigenvalue weighted by molar-refractivity contribution is 9.10. The SMILES string of the molecule is COc1cc(Br)c(S(=O)(=O)F)cc1OC. The molecule has 0 spiro atoms. The van der Waals surface area contributed by atoms with E-state index in [1.807, 2.05) is 0 Å². The molecule has 0 saturated carbocycles. The molecule has 1 aromatic rings. The molecule has 0 atom stereocenters. The van der Waals surface area contributed by atoms with Gasteiger partial charge in [0.15, 0.2) is 11.5 Å². The number of hydrogen-bond acceptors (Lipinski definition) is 4. The fourth-order valence-electron chi connectivity index (χ4n) is 1.02. The van der Waals surface area contributed by atoms with Crippen LogP contribution in [0.5, 0.6) is 11.5 Å². The van der Waals surface area contributed by atoms with Crippen LogP contribution in [0.2, 0.25) is 0 Å². The molecule has 0 bridgehead atoms. The van der Waals surface area contributed by atoms with Crippen LogP contribution in [0.3, 0.4) is 0 Å². The summed E-state index contributed by atoms with van der Waals surface area (Å²) >= 11 is 2.93. The van der Waals surface area contributed by atoms with Crippen LogP contribution in [0, 0.1) is 0 Å². The van der Waals surface area contributed by atoms with E-state index in [2.05, 4.69) is 15.9 Å². The second kappa shape index (κ2) is 4.36. The normalized spacial score (nSPS) is 11.2. The van der Waals surface area contributed by atoms with Crippen molar-refractivity contribution in [3.63, 3.8) is 0 Å². The van der Waals surface area contributed by atoms with E-state index in [0.29, 0.717) is 5.75 Å². The molecule has 0 amide bonds. The van der Waals surface area contributed by atoms with Gasteiger partial charge in [0, 0.05) is 10.5 Å². The smallest absolute Gasteiger partial charge is 0.333 e. The maximum Gasteiger partial charge on any atom is 0.333 e. The number of ether oxygens (including phenoxy) is 2. The van der Waals surface area contributed by atoms with Gasteiger partial charge >= 0.3 is 10.2 Å². The Balaban J connectivity index is 3.46. The fraction of sp³-hybridized carbons (Fsp3) is 0.250. The van der Waals surface area contributed by atoms with Gasteiger partial charge in [-0.3, -0.25) is 0 Å². The van der Waals surface area contributed by atoms with Gasteiger partial charge in [-0.05, 0) is 22.0 Å². The van der Waals surface area contributed by atoms with Gasteiger partial charge in [0.1, 0.15) is 4.90 Å². The average molecular weight is 299 g/mol. The van der Waals surface area contributed by atoms with E-state index >= 15 is 0 Å². The van der Waals surface area contributed by atoms with Gasteiger partial charge in [-0.25, -0.2) is 0 Å². The summed E-state index contributed by atoms with van der Waals surface area (Å²) in [7, 11) is -2.04. The number of rotatable bonds is 3. The third-order valence-corrected chi connectivity index (χ3v) is 3.48. The Labute approximate surface area is 95.3 Å². The molecular formula is C8H8BrFO4S. The first-order valence-electron chi connectivity index (χ1n) is 3.76. The summed E-state index contributed by atoms with van der Waals surface area (Å²) in [6.07, 6.45) is 0. The van der Waals surface area contributed by atoms with Crippen molar-refractivity contribution in [3.8, 4) is 11.5 Å². The highest BCUT2D eigenvalue weighted by atomic mass is 79.9. The molecule has 7 heteroatoms. The van der Waals surface area contributed by atoms with Crippen LogP contribution in [0.4, 0.5) is 3.89 Å². The molecule has 0 aliphatic heterocycles. The highest BCUT2D eigenvalue weighted by Gasteiger charge is 2.20. The quantitative estimate of drug-likeness (QED) is 0.802. The van der Waals surface area contributed by atoms with E-state index in [1.165, 1.54) is 20.3 Å². The van der Waals surface area contributed by atoms with Crippen molar-refractivity contribution in [2.24, 2.45) is 0 Å². The third-order valence-electron chi connectivity index (χ3n) is 1.70. The zero-order valence-corrected chi connectivity index (χ0v) is 10.4. The van der Waals surface area contributed by atoms with Gasteiger partial charge in [0.2, 0.25) is 0 Å². The van der Waals surface area contributed by atoms with Gasteiger partial charge < -0.3 is 9.47 Å². The lowest BCUT2D eigenvalue weighted by atomic mass is 10.3. The van der Waals surface area contributed by atoms with E-state index in [0.717, 1.165) is 6.07 Å². The molecule has 1 aromatic carbocycles. The van der Waals surface area contributed by atoms with Crippen LogP contribution >= 0.6 is 15.9 Å². The van der Waals surface area contributed by atoms with E-state index in [4.69, 9.17) is 9.47 Å². The molecule has 1 rings (SSSR count). The van der Waals surface area contributed by atoms with Crippen LogP contribution in [-0.2, 0) is 10.2 Å². The van der Waals surface area contributed by atoms with Crippen molar-refractivity contribution in [2.75, 3.05) is 14.2 Å². The summed E-state index contributed by atoms with van der Waals surface area (Å²) in [5, 5.41) is 0. The van der Waals surface area contributed by atoms with Crippen LogP contribution in [0.1, 0.15) is 0 Å². The first kappa shape index (κ1) is 12.3. The van der Waals surface area contributed by atoms with Crippen molar-refractivity contribution in [2.45, 2.75) is 4.90 Å². The van der Waals surface area contributed by atoms with E-state index in [9.17, 15) is 12.3 Å². The van der Waals surface area contributed by atoms with Crippen LogP contribution in [-0.4, -0.2) is 22.6 Å². The van der Waals surface area contributed by atoms with Gasteiger partial charge in [0.05, 0.1) is 14.2 Å². The van der Waals surface area contributed by atoms with E-state index in [1.54, 1.807) is 0 Å². The van der Waals surface area contributed by atoms with Crippen LogP contribution in [0.15, 0.2) is 21.5 Å². The predicted molar refractivity (Wildman–Crippen MR) is 55.5 cm³/mol. The lowest BCUT2D eigenvalue weighted by molar-refractivity contribution is 0.353. The average Bonchev–Trinajstić information content (AvgIpc) is 2.15. The molecule has 4 nitrogen and oxygen atoms in total. The molecule has 0 heterocycles. The summed E-state index contributed by atoms with van der Waals surface area (Å²) in [6, 6.07) is 2.38. The largest absolute Gasteiger partial charge is 0.493 e. The first-order valence-corrected chi connectivity index (χ1v) is 5.94. The number of benzene rings is 1. The van der Waals surface area contributed by atoms with Gasteiger partial charge in [-0.2, -0.15) is 8.42 Å². The van der Waals surface area contributed by atoms with Gasteiger partial charge in [-0.1, -0.05) is 0 Å². The maximum absolute atomic E-state index is 12.8. The molecular weight excluding hydrogens is 291 g/mol. The minimum absolute atomic E-state index is 0.0858. The van der Waals surface area contributed by atoms with Gasteiger partial charge in [0.25, 0.3) is 0 Å². The molecule has 0 aliphatic carbocycles. The van der Waals surface area contributed by atoms with Crippen molar-refractivity contribution >= 4 is 26.2 Å². The summed E-state index contributed by atoms with van der Waals surface area (Å²) < 4.78 is 44.1. The number of hydrogen-bond donors (Lipinski definition) is 0. The molecule has 0 unspecified atom stereocenters. The molecule has 84 valence electrons. The lowest BCUT2D eigenvalue weighted by Crippen LogP contribution is -1.97. The van der Waals surface area contributed by atoms with Crippen LogP contribution in [0.25, 0.3) is 0 Å². The topological polar surface area (TPSA) is 52.6 Å². The minimum Gasteiger partial charge on any atom is -0.493 e. The van der Waals surface area contributed by atoms with Crippen molar-refractivity contribution < 1.29 is 21.8 Å². The predicted octanol–water partition coefficient (Wildman–Crippen LogP) is 2.12. The number of halogens is 2. The third kappa shape index (κ3) is 2.60. The molecule has 0 fully saturated rings. The molecule has 0 saturated heterocycles. The van der Waals surface area contributed by atoms with Crippen molar-refractivity contribution in [1.29, 1.82) is 0 Å². The summed E-state index contributed by atoms with van der Waals surface area (Å²) in [5.41, 5.74) is 0. The van der Waals surface area contributed by atoms with E-state index in [-0.39, 0.29) is 10.2 Å². The maximum atomic E-state index is 12.8. The molecule has 0 aromatic heterocycles. The molecule has 0 radical (unpaired) electrons. The fourth-order valence-corrected chi connectivity index (χ4v) is 2.46. The summed E-state index contributed by atoms with van der Waals surface area (Å²) in [5.74, 6) is 0.466. The first-order chi connectivity index (χ1) is 6.90. The Bertz CT molecular complexity index is 472. The van der Waals surface area contributed by atoms with Crippen molar-refractivity contribution in [3.05, 3.63) is 16.6 Å². The summed E-state index contributed by atoms with van der Waals surface area (Å²) in [6.45, 7) is 0. The molecule has 0 aliphatic rings. The Morgan fingerprint density at radius 2 is 1.67 bits per heavy atom. The highest BCUT2D eigenvalue weighted by Crippen LogP contribution is 2.35. The zero-order valence-electron chi connectivity index (χ0n) is 7.95. The lowest BCUT2D eigenvalue weighted by Gasteiger charge is -2.09. The van der Waals surface area contributed by atoms with Crippen molar-refractivity contribution in [1.82, 2.24) is 0 Å². The van der Waals surface area contributed by atoms with Crippen LogP contribution < -0.4 is 9.47 Å². The Morgan fingerprint density at radius 1 is 1.20 bits per heavy atom. The monoisotopic (exact) mass is 298 g/mol. The molecule has 15 heavy (non-hydrogen) atoms. The Kier molecular flexibility index (Phi) is 3.56.